The molecule has 3 heterocycles. The number of benzene rings is 1. The Labute approximate surface area is 182 Å². The maximum atomic E-state index is 14.0. The summed E-state index contributed by atoms with van der Waals surface area (Å²) in [4.78, 5) is 28.1. The summed E-state index contributed by atoms with van der Waals surface area (Å²) in [5.41, 5.74) is 2.55. The third-order valence-corrected chi connectivity index (χ3v) is 4.94. The highest BCUT2D eigenvalue weighted by Crippen LogP contribution is 2.31. The minimum absolute atomic E-state index is 0.120. The summed E-state index contributed by atoms with van der Waals surface area (Å²) in [6, 6.07) is 8.70. The van der Waals surface area contributed by atoms with Gasteiger partial charge >= 0.3 is 6.03 Å². The van der Waals surface area contributed by atoms with Crippen LogP contribution in [0.4, 0.5) is 15.0 Å². The van der Waals surface area contributed by atoms with Gasteiger partial charge in [-0.15, -0.1) is 0 Å². The maximum Gasteiger partial charge on any atom is 0.326 e. The summed E-state index contributed by atoms with van der Waals surface area (Å²) in [5.74, 6) is -1.20. The molecule has 3 N–H and O–H groups in total. The van der Waals surface area contributed by atoms with Crippen molar-refractivity contribution in [3.05, 3.63) is 47.8 Å². The lowest BCUT2D eigenvalue weighted by Crippen LogP contribution is -2.22. The van der Waals surface area contributed by atoms with Gasteiger partial charge in [0.2, 0.25) is 5.85 Å². The number of hydrogen-bond donors (Lipinski definition) is 3. The normalized spacial score (nSPS) is 17.5. The summed E-state index contributed by atoms with van der Waals surface area (Å²) in [7, 11) is 0. The molecule has 1 aliphatic heterocycles. The molecular weight excluding hydrogens is 415 g/mol. The van der Waals surface area contributed by atoms with E-state index in [0.29, 0.717) is 28.7 Å². The van der Waals surface area contributed by atoms with Crippen LogP contribution in [0.1, 0.15) is 32.3 Å². The molecule has 3 amide bonds. The Kier molecular flexibility index (Phi) is 4.58. The van der Waals surface area contributed by atoms with Gasteiger partial charge in [-0.05, 0) is 31.1 Å². The molecule has 164 valence electrons. The third kappa shape index (κ3) is 4.11. The number of imide groups is 1. The Balaban J connectivity index is 1.60. The van der Waals surface area contributed by atoms with Gasteiger partial charge in [0.1, 0.15) is 17.3 Å². The molecule has 0 bridgehead atoms. The second kappa shape index (κ2) is 7.33. The summed E-state index contributed by atoms with van der Waals surface area (Å²) in [5, 5.41) is 12.5. The van der Waals surface area contributed by atoms with Crippen molar-refractivity contribution in [1.29, 1.82) is 0 Å². The second-order valence-corrected chi connectivity index (χ2v) is 8.24. The lowest BCUT2D eigenvalue weighted by Gasteiger charge is -2.17. The average Bonchev–Trinajstić information content (AvgIpc) is 3.35. The van der Waals surface area contributed by atoms with Crippen LogP contribution in [0.2, 0.25) is 0 Å². The quantitative estimate of drug-likeness (QED) is 0.404. The Hall–Kier alpha value is -3.95. The van der Waals surface area contributed by atoms with Crippen LogP contribution in [0.5, 0.6) is 5.75 Å². The van der Waals surface area contributed by atoms with E-state index in [2.05, 4.69) is 21.0 Å². The zero-order chi connectivity index (χ0) is 22.5. The van der Waals surface area contributed by atoms with Crippen molar-refractivity contribution in [2.24, 2.45) is 0 Å². The van der Waals surface area contributed by atoms with Crippen molar-refractivity contribution in [3.63, 3.8) is 0 Å². The fraction of sp³-hybridized carbons (Fsp3) is 0.273. The highest BCUT2D eigenvalue weighted by molar-refractivity contribution is 6.14. The van der Waals surface area contributed by atoms with E-state index in [1.807, 2.05) is 12.1 Å². The van der Waals surface area contributed by atoms with E-state index in [1.54, 1.807) is 28.9 Å². The molecular formula is C22H21FN6O3. The molecule has 5 rings (SSSR count). The van der Waals surface area contributed by atoms with Crippen molar-refractivity contribution in [2.75, 3.05) is 5.32 Å². The minimum Gasteiger partial charge on any atom is -0.459 e. The number of nitrogens with zero attached hydrogens (tertiary/aromatic N) is 3. The molecule has 2 aliphatic rings. The number of anilines is 1. The van der Waals surface area contributed by atoms with E-state index in [4.69, 9.17) is 9.72 Å². The Morgan fingerprint density at radius 3 is 2.75 bits per heavy atom. The van der Waals surface area contributed by atoms with Crippen molar-refractivity contribution in [2.45, 2.75) is 38.6 Å². The number of amides is 3. The summed E-state index contributed by atoms with van der Waals surface area (Å²) >= 11 is 0. The van der Waals surface area contributed by atoms with Gasteiger partial charge in [-0.3, -0.25) is 10.1 Å². The molecule has 0 unspecified atom stereocenters. The van der Waals surface area contributed by atoms with E-state index in [0.717, 1.165) is 24.2 Å². The fourth-order valence-corrected chi connectivity index (χ4v) is 3.41. The van der Waals surface area contributed by atoms with Gasteiger partial charge in [0.05, 0.1) is 11.9 Å². The molecule has 2 aromatic heterocycles. The molecule has 0 radical (unpaired) electrons. The van der Waals surface area contributed by atoms with Gasteiger partial charge in [-0.1, -0.05) is 12.1 Å². The van der Waals surface area contributed by atoms with Gasteiger partial charge < -0.3 is 15.4 Å². The van der Waals surface area contributed by atoms with Crippen LogP contribution in [0, 0.1) is 0 Å². The summed E-state index contributed by atoms with van der Waals surface area (Å²) in [6.07, 6.45) is 5.25. The smallest absolute Gasteiger partial charge is 0.326 e. The number of alkyl halides is 1. The monoisotopic (exact) mass is 436 g/mol. The molecule has 1 saturated heterocycles. The number of urea groups is 1. The third-order valence-electron chi connectivity index (χ3n) is 4.94. The van der Waals surface area contributed by atoms with Gasteiger partial charge in [0, 0.05) is 37.1 Å². The van der Waals surface area contributed by atoms with Gasteiger partial charge in [0.15, 0.2) is 5.65 Å². The van der Waals surface area contributed by atoms with E-state index in [1.165, 1.54) is 19.9 Å². The van der Waals surface area contributed by atoms with E-state index in [-0.39, 0.29) is 5.70 Å². The standard InChI is InChI=1S/C22H21FN6O3/c1-22(2,23)32-15-5-3-4-12(8-15)16-10-18(25-14-6-7-14)29-19(26-16)13(11-24-29)9-17-20(30)28-21(31)27-17/h3-5,8-11,14,25H,6-7H2,1-2H3,(H2,27,28,30,31)/b17-9-. The predicted octanol–water partition coefficient (Wildman–Crippen LogP) is 3.24. The first-order valence-corrected chi connectivity index (χ1v) is 10.2. The van der Waals surface area contributed by atoms with Crippen molar-refractivity contribution >= 4 is 29.5 Å². The molecule has 1 aromatic carbocycles. The highest BCUT2D eigenvalue weighted by atomic mass is 19.2. The van der Waals surface area contributed by atoms with Crippen LogP contribution in [-0.4, -0.2) is 38.4 Å². The molecule has 3 aromatic rings. The van der Waals surface area contributed by atoms with Crippen LogP contribution >= 0.6 is 0 Å². The largest absolute Gasteiger partial charge is 0.459 e. The van der Waals surface area contributed by atoms with Crippen LogP contribution in [0.15, 0.2) is 42.2 Å². The molecule has 1 saturated carbocycles. The van der Waals surface area contributed by atoms with Crippen molar-refractivity contribution in [3.8, 4) is 17.0 Å². The number of halogens is 1. The fourth-order valence-electron chi connectivity index (χ4n) is 3.41. The number of fused-ring (bicyclic) bond motifs is 1. The SMILES string of the molecule is CC(C)(F)Oc1cccc(-c2cc(NC3CC3)n3ncc(/C=C4\NC(=O)NC4=O)c3n2)c1. The van der Waals surface area contributed by atoms with Gasteiger partial charge in [-0.25, -0.2) is 9.78 Å². The first-order valence-electron chi connectivity index (χ1n) is 10.2. The number of carbonyl (C=O) groups excluding carboxylic acids is 2. The number of rotatable bonds is 6. The van der Waals surface area contributed by atoms with Crippen LogP contribution < -0.4 is 20.7 Å². The highest BCUT2D eigenvalue weighted by Gasteiger charge is 2.25. The zero-order valence-electron chi connectivity index (χ0n) is 17.5. The first kappa shape index (κ1) is 20.0. The van der Waals surface area contributed by atoms with Crippen LogP contribution in [-0.2, 0) is 4.79 Å². The minimum atomic E-state index is -1.81. The van der Waals surface area contributed by atoms with Gasteiger partial charge in [0.25, 0.3) is 5.91 Å². The Morgan fingerprint density at radius 1 is 1.25 bits per heavy atom. The number of ether oxygens (including phenoxy) is 1. The van der Waals surface area contributed by atoms with Crippen molar-refractivity contribution < 1.29 is 18.7 Å². The molecule has 9 nitrogen and oxygen atoms in total. The number of nitrogens with one attached hydrogen (secondary N) is 3. The van der Waals surface area contributed by atoms with Crippen LogP contribution in [0.25, 0.3) is 23.0 Å². The van der Waals surface area contributed by atoms with E-state index in [9.17, 15) is 14.0 Å². The molecule has 10 heteroatoms. The first-order chi connectivity index (χ1) is 15.2. The number of hydrogen-bond acceptors (Lipinski definition) is 6. The molecule has 0 atom stereocenters. The molecule has 32 heavy (non-hydrogen) atoms. The lowest BCUT2D eigenvalue weighted by atomic mass is 10.1. The van der Waals surface area contributed by atoms with Crippen LogP contribution in [0.3, 0.4) is 0 Å². The summed E-state index contributed by atoms with van der Waals surface area (Å²) < 4.78 is 21.0. The van der Waals surface area contributed by atoms with E-state index < -0.39 is 17.8 Å². The number of aromatic nitrogens is 3. The van der Waals surface area contributed by atoms with E-state index >= 15 is 0 Å². The Bertz CT molecular complexity index is 1270. The maximum absolute atomic E-state index is 14.0. The Morgan fingerprint density at radius 2 is 2.06 bits per heavy atom. The molecule has 2 fully saturated rings. The average molecular weight is 436 g/mol. The predicted molar refractivity (Wildman–Crippen MR) is 116 cm³/mol. The lowest BCUT2D eigenvalue weighted by molar-refractivity contribution is -0.115. The van der Waals surface area contributed by atoms with Crippen molar-refractivity contribution in [1.82, 2.24) is 25.2 Å². The second-order valence-electron chi connectivity index (χ2n) is 8.24. The topological polar surface area (TPSA) is 110 Å². The zero-order valence-corrected chi connectivity index (χ0v) is 17.5. The number of carbonyl (C=O) groups is 2. The molecule has 1 aliphatic carbocycles. The summed E-state index contributed by atoms with van der Waals surface area (Å²) in [6.45, 7) is 2.68. The molecule has 0 spiro atoms. The van der Waals surface area contributed by atoms with Gasteiger partial charge in [-0.2, -0.15) is 14.0 Å².